The van der Waals surface area contributed by atoms with Crippen LogP contribution in [0.15, 0.2) is 72.1 Å². The van der Waals surface area contributed by atoms with Gasteiger partial charge >= 0.3 is 0 Å². The van der Waals surface area contributed by atoms with Gasteiger partial charge in [0.25, 0.3) is 0 Å². The van der Waals surface area contributed by atoms with Crippen LogP contribution in [-0.4, -0.2) is 33.8 Å². The van der Waals surface area contributed by atoms with Gasteiger partial charge in [-0.2, -0.15) is 5.10 Å². The first-order chi connectivity index (χ1) is 13.2. The van der Waals surface area contributed by atoms with E-state index in [0.29, 0.717) is 12.6 Å². The van der Waals surface area contributed by atoms with E-state index in [9.17, 15) is 0 Å². The van der Waals surface area contributed by atoms with Gasteiger partial charge in [0.15, 0.2) is 11.8 Å². The average molecular weight is 362 g/mol. The van der Waals surface area contributed by atoms with Crippen molar-refractivity contribution in [2.45, 2.75) is 32.4 Å². The number of aryl methyl sites for hydroxylation is 1. The van der Waals surface area contributed by atoms with Gasteiger partial charge in [-0.3, -0.25) is 4.99 Å². The second kappa shape index (κ2) is 9.52. The van der Waals surface area contributed by atoms with Gasteiger partial charge < -0.3 is 10.6 Å². The molecule has 0 radical (unpaired) electrons. The van der Waals surface area contributed by atoms with Crippen molar-refractivity contribution in [3.63, 3.8) is 0 Å². The number of guanidine groups is 1. The Morgan fingerprint density at radius 1 is 1.11 bits per heavy atom. The molecule has 0 aliphatic heterocycles. The smallest absolute Gasteiger partial charge is 0.191 e. The van der Waals surface area contributed by atoms with Crippen LogP contribution in [-0.2, 0) is 13.0 Å². The molecule has 1 atom stereocenters. The number of nitrogens with one attached hydrogen (secondary N) is 2. The summed E-state index contributed by atoms with van der Waals surface area (Å²) >= 11 is 0. The molecule has 27 heavy (non-hydrogen) atoms. The first kappa shape index (κ1) is 18.6. The fourth-order valence-corrected chi connectivity index (χ4v) is 2.81. The van der Waals surface area contributed by atoms with Gasteiger partial charge in [0.05, 0.1) is 0 Å². The van der Waals surface area contributed by atoms with Gasteiger partial charge in [-0.25, -0.2) is 9.67 Å². The zero-order valence-corrected chi connectivity index (χ0v) is 15.8. The maximum absolute atomic E-state index is 4.36. The molecule has 0 fully saturated rings. The topological polar surface area (TPSA) is 67.1 Å². The largest absolute Gasteiger partial charge is 0.354 e. The van der Waals surface area contributed by atoms with E-state index in [0.717, 1.165) is 30.2 Å². The summed E-state index contributed by atoms with van der Waals surface area (Å²) in [6, 6.07) is 16.8. The Morgan fingerprint density at radius 2 is 1.96 bits per heavy atom. The number of aliphatic imine (C=N–C) groups is 1. The summed E-state index contributed by atoms with van der Waals surface area (Å²) in [5.74, 6) is 1.60. The van der Waals surface area contributed by atoms with Crippen LogP contribution in [0.5, 0.6) is 0 Å². The summed E-state index contributed by atoms with van der Waals surface area (Å²) in [5.41, 5.74) is 2.48. The number of hydrogen-bond acceptors (Lipinski definition) is 3. The van der Waals surface area contributed by atoms with Crippen LogP contribution < -0.4 is 10.6 Å². The van der Waals surface area contributed by atoms with Crippen molar-refractivity contribution < 1.29 is 0 Å². The Morgan fingerprint density at radius 3 is 2.70 bits per heavy atom. The molecule has 0 amide bonds. The van der Waals surface area contributed by atoms with Crippen LogP contribution in [0, 0.1) is 0 Å². The fraction of sp³-hybridized carbons (Fsp3) is 0.286. The van der Waals surface area contributed by atoms with Gasteiger partial charge in [0.1, 0.15) is 0 Å². The molecule has 2 heterocycles. The molecule has 140 valence electrons. The van der Waals surface area contributed by atoms with Crippen LogP contribution in [0.2, 0.25) is 0 Å². The lowest BCUT2D eigenvalue weighted by Crippen LogP contribution is -2.42. The molecular formula is C21H26N6. The molecule has 0 bridgehead atoms. The highest BCUT2D eigenvalue weighted by atomic mass is 15.3. The van der Waals surface area contributed by atoms with Gasteiger partial charge in [-0.1, -0.05) is 30.3 Å². The third-order valence-corrected chi connectivity index (χ3v) is 4.32. The summed E-state index contributed by atoms with van der Waals surface area (Å²) in [6.07, 6.45) is 7.52. The average Bonchev–Trinajstić information content (AvgIpc) is 3.25. The third-order valence-electron chi connectivity index (χ3n) is 4.32. The highest BCUT2D eigenvalue weighted by molar-refractivity contribution is 5.79. The maximum Gasteiger partial charge on any atom is 0.191 e. The Bertz CT molecular complexity index is 842. The minimum absolute atomic E-state index is 0.327. The standard InChI is InChI=1S/C21H26N6/c1-17(9-10-18-7-4-3-5-8-18)26-21(22-2)24-16-19-11-13-23-20(15-19)27-14-6-12-25-27/h3-8,11-15,17H,9-10,16H2,1-2H3,(H2,22,24,26). The number of pyridine rings is 1. The van der Waals surface area contributed by atoms with Crippen molar-refractivity contribution in [1.82, 2.24) is 25.4 Å². The molecule has 0 saturated heterocycles. The second-order valence-electron chi connectivity index (χ2n) is 6.47. The van der Waals surface area contributed by atoms with Crippen molar-refractivity contribution in [1.29, 1.82) is 0 Å². The quantitative estimate of drug-likeness (QED) is 0.501. The molecule has 0 aliphatic rings. The Labute approximate surface area is 160 Å². The van der Waals surface area contributed by atoms with Crippen LogP contribution in [0.3, 0.4) is 0 Å². The lowest BCUT2D eigenvalue weighted by atomic mass is 10.1. The van der Waals surface area contributed by atoms with E-state index >= 15 is 0 Å². The lowest BCUT2D eigenvalue weighted by Gasteiger charge is -2.18. The summed E-state index contributed by atoms with van der Waals surface area (Å²) in [5, 5.41) is 11.0. The third kappa shape index (κ3) is 5.67. The summed E-state index contributed by atoms with van der Waals surface area (Å²) in [7, 11) is 1.79. The van der Waals surface area contributed by atoms with Crippen molar-refractivity contribution in [2.75, 3.05) is 7.05 Å². The zero-order chi connectivity index (χ0) is 18.9. The van der Waals surface area contributed by atoms with Crippen LogP contribution in [0.25, 0.3) is 5.82 Å². The Kier molecular flexibility index (Phi) is 6.57. The monoisotopic (exact) mass is 362 g/mol. The van der Waals surface area contributed by atoms with Crippen LogP contribution >= 0.6 is 0 Å². The van der Waals surface area contributed by atoms with Crippen LogP contribution in [0.1, 0.15) is 24.5 Å². The molecule has 0 spiro atoms. The minimum Gasteiger partial charge on any atom is -0.354 e. The van der Waals surface area contributed by atoms with Crippen LogP contribution in [0.4, 0.5) is 0 Å². The lowest BCUT2D eigenvalue weighted by molar-refractivity contribution is 0.593. The van der Waals surface area contributed by atoms with Crippen molar-refractivity contribution in [3.8, 4) is 5.82 Å². The molecular weight excluding hydrogens is 336 g/mol. The van der Waals surface area contributed by atoms with E-state index in [2.05, 4.69) is 56.9 Å². The minimum atomic E-state index is 0.327. The summed E-state index contributed by atoms with van der Waals surface area (Å²) in [6.45, 7) is 2.85. The molecule has 2 N–H and O–H groups in total. The van der Waals surface area contributed by atoms with Crippen molar-refractivity contribution >= 4 is 5.96 Å². The second-order valence-corrected chi connectivity index (χ2v) is 6.47. The van der Waals surface area contributed by atoms with E-state index in [4.69, 9.17) is 0 Å². The first-order valence-corrected chi connectivity index (χ1v) is 9.20. The van der Waals surface area contributed by atoms with E-state index < -0.39 is 0 Å². The van der Waals surface area contributed by atoms with E-state index in [-0.39, 0.29) is 0 Å². The summed E-state index contributed by atoms with van der Waals surface area (Å²) in [4.78, 5) is 8.69. The molecule has 1 aromatic carbocycles. The molecule has 0 saturated carbocycles. The number of nitrogens with zero attached hydrogens (tertiary/aromatic N) is 4. The molecule has 6 nitrogen and oxygen atoms in total. The highest BCUT2D eigenvalue weighted by Crippen LogP contribution is 2.07. The molecule has 2 aromatic heterocycles. The van der Waals surface area contributed by atoms with Crippen molar-refractivity contribution in [2.24, 2.45) is 4.99 Å². The maximum atomic E-state index is 4.36. The van der Waals surface area contributed by atoms with Gasteiger partial charge in [0, 0.05) is 38.2 Å². The molecule has 3 aromatic rings. The fourth-order valence-electron chi connectivity index (χ4n) is 2.81. The van der Waals surface area contributed by atoms with E-state index in [1.165, 1.54) is 5.56 Å². The SMILES string of the molecule is CN=C(NCc1ccnc(-n2cccn2)c1)NC(C)CCc1ccccc1. The van der Waals surface area contributed by atoms with Gasteiger partial charge in [-0.15, -0.1) is 0 Å². The molecule has 1 unspecified atom stereocenters. The predicted molar refractivity (Wildman–Crippen MR) is 109 cm³/mol. The number of rotatable bonds is 7. The zero-order valence-electron chi connectivity index (χ0n) is 15.8. The van der Waals surface area contributed by atoms with Crippen molar-refractivity contribution in [3.05, 3.63) is 78.2 Å². The number of aromatic nitrogens is 3. The first-order valence-electron chi connectivity index (χ1n) is 9.20. The molecule has 3 rings (SSSR count). The van der Waals surface area contributed by atoms with Gasteiger partial charge in [-0.05, 0) is 49.1 Å². The Hall–Kier alpha value is -3.15. The number of hydrogen-bond donors (Lipinski definition) is 2. The molecule has 0 aliphatic carbocycles. The normalized spacial score (nSPS) is 12.6. The Balaban J connectivity index is 1.49. The summed E-state index contributed by atoms with van der Waals surface area (Å²) < 4.78 is 1.75. The molecule has 6 heteroatoms. The predicted octanol–water partition coefficient (Wildman–Crippen LogP) is 2.95. The highest BCUT2D eigenvalue weighted by Gasteiger charge is 2.06. The van der Waals surface area contributed by atoms with E-state index in [1.807, 2.05) is 30.5 Å². The number of benzene rings is 1. The van der Waals surface area contributed by atoms with Gasteiger partial charge in [0.2, 0.25) is 0 Å². The van der Waals surface area contributed by atoms with E-state index in [1.54, 1.807) is 24.1 Å².